The molecule has 0 aliphatic heterocycles. The van der Waals surface area contributed by atoms with Gasteiger partial charge in [-0.2, -0.15) is 0 Å². The predicted molar refractivity (Wildman–Crippen MR) is 49.9 cm³/mol. The van der Waals surface area contributed by atoms with Crippen molar-refractivity contribution in [3.63, 3.8) is 0 Å². The van der Waals surface area contributed by atoms with Crippen LogP contribution in [0.3, 0.4) is 0 Å². The van der Waals surface area contributed by atoms with Crippen LogP contribution in [-0.2, 0) is 9.53 Å². The Morgan fingerprint density at radius 1 is 1.40 bits per heavy atom. The highest BCUT2D eigenvalue weighted by atomic mass is 19.4. The zero-order chi connectivity index (χ0) is 12.1. The van der Waals surface area contributed by atoms with Crippen molar-refractivity contribution >= 4 is 5.97 Å². The van der Waals surface area contributed by atoms with Gasteiger partial charge in [-0.25, -0.2) is 4.79 Å². The van der Waals surface area contributed by atoms with E-state index in [0.29, 0.717) is 5.57 Å². The molecule has 0 bridgehead atoms. The maximum absolute atomic E-state index is 11.7. The smallest absolute Gasteiger partial charge is 0.369 e. The zero-order valence-electron chi connectivity index (χ0n) is 8.39. The van der Waals surface area contributed by atoms with Gasteiger partial charge in [0.15, 0.2) is 0 Å². The third-order valence-electron chi connectivity index (χ3n) is 1.47. The van der Waals surface area contributed by atoms with Crippen LogP contribution in [-0.4, -0.2) is 12.3 Å². The second-order valence-electron chi connectivity index (χ2n) is 2.64. The van der Waals surface area contributed by atoms with E-state index in [9.17, 15) is 18.0 Å². The largest absolute Gasteiger partial charge is 0.575 e. The van der Waals surface area contributed by atoms with Crippen molar-refractivity contribution in [1.29, 1.82) is 0 Å². The molecule has 0 saturated carbocycles. The summed E-state index contributed by atoms with van der Waals surface area (Å²) in [6.45, 7) is 6.43. The van der Waals surface area contributed by atoms with Crippen LogP contribution < -0.4 is 0 Å². The molecule has 0 fully saturated rings. The summed E-state index contributed by atoms with van der Waals surface area (Å²) in [6.07, 6.45) is -0.848. The molecule has 0 aliphatic carbocycles. The summed E-state index contributed by atoms with van der Waals surface area (Å²) >= 11 is 0. The fourth-order valence-electron chi connectivity index (χ4n) is 0.905. The van der Waals surface area contributed by atoms with Gasteiger partial charge >= 0.3 is 12.3 Å². The van der Waals surface area contributed by atoms with Gasteiger partial charge in [-0.3, -0.25) is 0 Å². The number of carbonyl (C=O) groups is 1. The summed E-state index contributed by atoms with van der Waals surface area (Å²) in [4.78, 5) is 11.0. The predicted octanol–water partition coefficient (Wildman–Crippen LogP) is 3.13. The average molecular weight is 220 g/mol. The molecule has 15 heavy (non-hydrogen) atoms. The van der Waals surface area contributed by atoms with Crippen LogP contribution in [0.4, 0.5) is 13.2 Å². The van der Waals surface area contributed by atoms with Crippen molar-refractivity contribution < 1.29 is 22.7 Å². The number of carbonyl (C=O) groups excluding carboxylic acids is 1. The number of halogens is 3. The van der Waals surface area contributed by atoms with Gasteiger partial charge in [0.2, 0.25) is 0 Å². The molecule has 0 aromatic carbocycles. The Balaban J connectivity index is 4.93. The number of esters is 1. The summed E-state index contributed by atoms with van der Waals surface area (Å²) in [5, 5.41) is 0. The van der Waals surface area contributed by atoms with Crippen LogP contribution in [0, 0.1) is 0 Å². The number of allylic oxidation sites excluding steroid dienone is 3. The first-order valence-electron chi connectivity index (χ1n) is 4.08. The molecule has 0 N–H and O–H groups in total. The van der Waals surface area contributed by atoms with Crippen LogP contribution in [0.15, 0.2) is 36.0 Å². The maximum atomic E-state index is 11.7. The van der Waals surface area contributed by atoms with Gasteiger partial charge in [0.05, 0.1) is 5.57 Å². The van der Waals surface area contributed by atoms with Gasteiger partial charge in [-0.15, -0.1) is 13.2 Å². The molecular weight excluding hydrogens is 209 g/mol. The van der Waals surface area contributed by atoms with Crippen molar-refractivity contribution in [2.45, 2.75) is 20.2 Å². The van der Waals surface area contributed by atoms with E-state index in [-0.39, 0.29) is 5.57 Å². The summed E-state index contributed by atoms with van der Waals surface area (Å²) in [5.74, 6) is -1.45. The van der Waals surface area contributed by atoms with Crippen LogP contribution >= 0.6 is 0 Å². The molecule has 5 heteroatoms. The van der Waals surface area contributed by atoms with E-state index in [1.165, 1.54) is 13.0 Å². The van der Waals surface area contributed by atoms with E-state index < -0.39 is 12.3 Å². The number of ether oxygens (including phenoxy) is 1. The third kappa shape index (κ3) is 5.05. The van der Waals surface area contributed by atoms with Crippen LogP contribution in [0.5, 0.6) is 0 Å². The number of alkyl halides is 3. The molecule has 84 valence electrons. The minimum absolute atomic E-state index is 0.203. The lowest BCUT2D eigenvalue weighted by Gasteiger charge is -2.08. The molecule has 0 rings (SSSR count). The second-order valence-corrected chi connectivity index (χ2v) is 2.64. The first-order valence-corrected chi connectivity index (χ1v) is 4.08. The molecule has 0 spiro atoms. The molecule has 0 unspecified atom stereocenters. The van der Waals surface area contributed by atoms with Crippen LogP contribution in [0.2, 0.25) is 0 Å². The molecule has 0 radical (unpaired) electrons. The highest BCUT2D eigenvalue weighted by Gasteiger charge is 2.34. The quantitative estimate of drug-likeness (QED) is 0.415. The average Bonchev–Trinajstić information content (AvgIpc) is 2.02. The van der Waals surface area contributed by atoms with E-state index in [1.807, 2.05) is 0 Å². The van der Waals surface area contributed by atoms with Crippen LogP contribution in [0.25, 0.3) is 0 Å². The molecular formula is C10H11F3O2. The Labute approximate surface area is 85.7 Å². The second kappa shape index (κ2) is 5.38. The standard InChI is InChI=1S/C10H11F3O2/c1-4-6-7(3)8(5-2)9(14)15-10(11,12)13/h4-6H,2H2,1,3H3/b6-4-,8-7+. The van der Waals surface area contributed by atoms with E-state index in [1.54, 1.807) is 13.0 Å². The van der Waals surface area contributed by atoms with Gasteiger partial charge in [-0.1, -0.05) is 24.8 Å². The van der Waals surface area contributed by atoms with E-state index in [4.69, 9.17) is 0 Å². The summed E-state index contributed by atoms with van der Waals surface area (Å²) in [6, 6.07) is 0. The molecule has 0 atom stereocenters. The number of rotatable bonds is 3. The fraction of sp³-hybridized carbons (Fsp3) is 0.300. The van der Waals surface area contributed by atoms with Crippen molar-refractivity contribution in [2.75, 3.05) is 0 Å². The lowest BCUT2D eigenvalue weighted by molar-refractivity contribution is -0.303. The minimum Gasteiger partial charge on any atom is -0.369 e. The van der Waals surface area contributed by atoms with Crippen molar-refractivity contribution in [1.82, 2.24) is 0 Å². The Morgan fingerprint density at radius 3 is 2.27 bits per heavy atom. The monoisotopic (exact) mass is 220 g/mol. The SMILES string of the molecule is C=C/C(C(=O)OC(F)(F)F)=C(C)\C=C/C. The summed E-state index contributed by atoms with van der Waals surface area (Å²) < 4.78 is 38.5. The highest BCUT2D eigenvalue weighted by Crippen LogP contribution is 2.20. The van der Waals surface area contributed by atoms with Gasteiger partial charge < -0.3 is 4.74 Å². The maximum Gasteiger partial charge on any atom is 0.575 e. The normalized spacial score (nSPS) is 13.7. The first kappa shape index (κ1) is 13.5. The molecule has 2 nitrogen and oxygen atoms in total. The van der Waals surface area contributed by atoms with Gasteiger partial charge in [0.1, 0.15) is 0 Å². The third-order valence-corrected chi connectivity index (χ3v) is 1.47. The number of hydrogen-bond donors (Lipinski definition) is 0. The van der Waals surface area contributed by atoms with E-state index in [0.717, 1.165) is 6.08 Å². The molecule has 0 saturated heterocycles. The van der Waals surface area contributed by atoms with Crippen molar-refractivity contribution in [3.8, 4) is 0 Å². The lowest BCUT2D eigenvalue weighted by atomic mass is 10.1. The topological polar surface area (TPSA) is 26.3 Å². The van der Waals surface area contributed by atoms with Gasteiger partial charge in [0, 0.05) is 0 Å². The highest BCUT2D eigenvalue weighted by molar-refractivity contribution is 5.92. The van der Waals surface area contributed by atoms with Crippen molar-refractivity contribution in [3.05, 3.63) is 36.0 Å². The fourth-order valence-corrected chi connectivity index (χ4v) is 0.905. The molecule has 0 heterocycles. The molecule has 0 amide bonds. The molecule has 0 aromatic rings. The van der Waals surface area contributed by atoms with E-state index >= 15 is 0 Å². The minimum atomic E-state index is -4.97. The Morgan fingerprint density at radius 2 is 1.93 bits per heavy atom. The molecule has 0 aliphatic rings. The van der Waals surface area contributed by atoms with Crippen molar-refractivity contribution in [2.24, 2.45) is 0 Å². The summed E-state index contributed by atoms with van der Waals surface area (Å²) in [7, 11) is 0. The first-order chi connectivity index (χ1) is 6.81. The van der Waals surface area contributed by atoms with Crippen LogP contribution in [0.1, 0.15) is 13.8 Å². The Kier molecular flexibility index (Phi) is 4.84. The Hall–Kier alpha value is -1.52. The van der Waals surface area contributed by atoms with Gasteiger partial charge in [0.25, 0.3) is 0 Å². The zero-order valence-corrected chi connectivity index (χ0v) is 8.39. The number of hydrogen-bond acceptors (Lipinski definition) is 2. The van der Waals surface area contributed by atoms with Gasteiger partial charge in [-0.05, 0) is 19.4 Å². The molecule has 0 aromatic heterocycles. The van der Waals surface area contributed by atoms with E-state index in [2.05, 4.69) is 11.3 Å². The summed E-state index contributed by atoms with van der Waals surface area (Å²) in [5.41, 5.74) is 0.159. The Bertz CT molecular complexity index is 311. The lowest BCUT2D eigenvalue weighted by Crippen LogP contribution is -2.20.